The quantitative estimate of drug-likeness (QED) is 0.229. The van der Waals surface area contributed by atoms with E-state index in [1.165, 1.54) is 6.08 Å². The largest absolute Gasteiger partial charge is 0.478 e. The molecule has 0 radical (unpaired) electrons. The standard InChI is InChI=1S/C20H30O4/c1-2-18-19(24-18)16-17(21)14-12-10-8-6-4-3-5-7-9-11-13-15-20(22)23/h3-5,7,9,11,13,15,17-19,21H,2,6,8,10,12,14,16H2,1H3,(H,22,23)/b4-3+,7-5+,11-9+,15-13+. The number of aliphatic hydroxyl groups excluding tert-OH is 1. The molecule has 1 rings (SSSR count). The van der Waals surface area contributed by atoms with E-state index < -0.39 is 5.97 Å². The minimum atomic E-state index is -0.943. The normalized spacial score (nSPS) is 22.2. The first-order chi connectivity index (χ1) is 11.6. The number of epoxide rings is 1. The van der Waals surface area contributed by atoms with Crippen molar-refractivity contribution >= 4 is 5.97 Å². The summed E-state index contributed by atoms with van der Waals surface area (Å²) in [6.07, 6.45) is 21.5. The molecule has 1 heterocycles. The Balaban J connectivity index is 1.93. The van der Waals surface area contributed by atoms with Gasteiger partial charge in [-0.2, -0.15) is 0 Å². The van der Waals surface area contributed by atoms with Gasteiger partial charge in [-0.1, -0.05) is 62.3 Å². The third kappa shape index (κ3) is 11.0. The zero-order valence-corrected chi connectivity index (χ0v) is 14.5. The molecule has 1 fully saturated rings. The smallest absolute Gasteiger partial charge is 0.328 e. The van der Waals surface area contributed by atoms with Crippen molar-refractivity contribution in [2.45, 2.75) is 70.2 Å². The number of rotatable bonds is 13. The van der Waals surface area contributed by atoms with E-state index in [4.69, 9.17) is 9.84 Å². The van der Waals surface area contributed by atoms with Gasteiger partial charge in [-0.25, -0.2) is 4.79 Å². The Morgan fingerprint density at radius 2 is 1.75 bits per heavy atom. The highest BCUT2D eigenvalue weighted by atomic mass is 16.6. The number of aliphatic hydroxyl groups is 1. The molecule has 4 nitrogen and oxygen atoms in total. The highest BCUT2D eigenvalue weighted by molar-refractivity contribution is 5.80. The van der Waals surface area contributed by atoms with Crippen LogP contribution in [0, 0.1) is 0 Å². The van der Waals surface area contributed by atoms with Crippen LogP contribution < -0.4 is 0 Å². The lowest BCUT2D eigenvalue weighted by atomic mass is 10.0. The molecule has 1 saturated heterocycles. The third-order valence-electron chi connectivity index (χ3n) is 3.93. The number of carbonyl (C=O) groups is 1. The molecule has 0 aromatic rings. The molecule has 1 aliphatic heterocycles. The molecule has 3 atom stereocenters. The topological polar surface area (TPSA) is 70.1 Å². The average molecular weight is 334 g/mol. The summed E-state index contributed by atoms with van der Waals surface area (Å²) >= 11 is 0. The second-order valence-corrected chi connectivity index (χ2v) is 6.04. The summed E-state index contributed by atoms with van der Waals surface area (Å²) < 4.78 is 5.45. The number of ether oxygens (including phenoxy) is 1. The lowest BCUT2D eigenvalue weighted by Crippen LogP contribution is -2.11. The predicted molar refractivity (Wildman–Crippen MR) is 96.9 cm³/mol. The Morgan fingerprint density at radius 1 is 1.04 bits per heavy atom. The Hall–Kier alpha value is -1.65. The van der Waals surface area contributed by atoms with E-state index in [0.29, 0.717) is 12.2 Å². The minimum Gasteiger partial charge on any atom is -0.478 e. The van der Waals surface area contributed by atoms with Crippen LogP contribution in [0.15, 0.2) is 48.6 Å². The summed E-state index contributed by atoms with van der Waals surface area (Å²) in [5, 5.41) is 18.3. The lowest BCUT2D eigenvalue weighted by Gasteiger charge is -2.08. The summed E-state index contributed by atoms with van der Waals surface area (Å²) in [7, 11) is 0. The van der Waals surface area contributed by atoms with Gasteiger partial charge in [0.2, 0.25) is 0 Å². The fourth-order valence-corrected chi connectivity index (χ4v) is 2.52. The van der Waals surface area contributed by atoms with Crippen molar-refractivity contribution in [1.82, 2.24) is 0 Å². The van der Waals surface area contributed by atoms with Crippen LogP contribution in [0.4, 0.5) is 0 Å². The van der Waals surface area contributed by atoms with Crippen LogP contribution in [0.2, 0.25) is 0 Å². The molecular weight excluding hydrogens is 304 g/mol. The first kappa shape index (κ1) is 20.4. The average Bonchev–Trinajstić information content (AvgIpc) is 3.29. The molecule has 2 N–H and O–H groups in total. The first-order valence-electron chi connectivity index (χ1n) is 8.86. The van der Waals surface area contributed by atoms with Gasteiger partial charge >= 0.3 is 5.97 Å². The van der Waals surface area contributed by atoms with Crippen LogP contribution in [0.5, 0.6) is 0 Å². The summed E-state index contributed by atoms with van der Waals surface area (Å²) in [4.78, 5) is 10.2. The van der Waals surface area contributed by atoms with Gasteiger partial charge in [0.15, 0.2) is 0 Å². The number of aliphatic carboxylic acids is 1. The van der Waals surface area contributed by atoms with E-state index in [1.807, 2.05) is 18.2 Å². The summed E-state index contributed by atoms with van der Waals surface area (Å²) in [5.41, 5.74) is 0. The van der Waals surface area contributed by atoms with Gasteiger partial charge in [0.1, 0.15) is 0 Å². The van der Waals surface area contributed by atoms with E-state index in [1.54, 1.807) is 12.2 Å². The number of hydrogen-bond acceptors (Lipinski definition) is 3. The molecule has 0 spiro atoms. The highest BCUT2D eigenvalue weighted by Gasteiger charge is 2.37. The summed E-state index contributed by atoms with van der Waals surface area (Å²) in [6, 6.07) is 0. The Kier molecular flexibility index (Phi) is 10.8. The highest BCUT2D eigenvalue weighted by Crippen LogP contribution is 2.29. The van der Waals surface area contributed by atoms with Gasteiger partial charge in [0.05, 0.1) is 18.3 Å². The minimum absolute atomic E-state index is 0.216. The monoisotopic (exact) mass is 334 g/mol. The van der Waals surface area contributed by atoms with Crippen LogP contribution in [0.3, 0.4) is 0 Å². The molecule has 24 heavy (non-hydrogen) atoms. The van der Waals surface area contributed by atoms with Crippen molar-refractivity contribution in [2.75, 3.05) is 0 Å². The number of unbranched alkanes of at least 4 members (excludes halogenated alkanes) is 3. The van der Waals surface area contributed by atoms with E-state index in [0.717, 1.165) is 51.0 Å². The zero-order valence-electron chi connectivity index (χ0n) is 14.5. The lowest BCUT2D eigenvalue weighted by molar-refractivity contribution is -0.131. The van der Waals surface area contributed by atoms with Gasteiger partial charge in [-0.05, 0) is 25.7 Å². The van der Waals surface area contributed by atoms with Crippen LogP contribution in [-0.2, 0) is 9.53 Å². The van der Waals surface area contributed by atoms with Crippen LogP contribution in [0.1, 0.15) is 51.9 Å². The molecule has 1 aliphatic rings. The van der Waals surface area contributed by atoms with Crippen molar-refractivity contribution in [3.63, 3.8) is 0 Å². The SMILES string of the molecule is CCC1OC1CC(O)CCCCC/C=C/C=C/C=C/C=C/C(=O)O. The molecule has 0 amide bonds. The van der Waals surface area contributed by atoms with Crippen molar-refractivity contribution in [3.8, 4) is 0 Å². The molecule has 0 aliphatic carbocycles. The van der Waals surface area contributed by atoms with Crippen molar-refractivity contribution in [3.05, 3.63) is 48.6 Å². The fourth-order valence-electron chi connectivity index (χ4n) is 2.52. The number of hydrogen-bond donors (Lipinski definition) is 2. The molecule has 3 unspecified atom stereocenters. The zero-order chi connectivity index (χ0) is 17.6. The number of allylic oxidation sites excluding steroid dienone is 7. The maximum atomic E-state index is 10.2. The number of carboxylic acids is 1. The number of carboxylic acid groups (broad SMARTS) is 1. The van der Waals surface area contributed by atoms with Crippen molar-refractivity contribution in [1.29, 1.82) is 0 Å². The summed E-state index contributed by atoms with van der Waals surface area (Å²) in [6.45, 7) is 2.12. The molecule has 134 valence electrons. The van der Waals surface area contributed by atoms with Gasteiger partial charge in [0.25, 0.3) is 0 Å². The van der Waals surface area contributed by atoms with Gasteiger partial charge in [-0.15, -0.1) is 0 Å². The van der Waals surface area contributed by atoms with Crippen LogP contribution in [-0.4, -0.2) is 34.5 Å². The maximum Gasteiger partial charge on any atom is 0.328 e. The van der Waals surface area contributed by atoms with E-state index in [-0.39, 0.29) is 6.10 Å². The maximum absolute atomic E-state index is 10.2. The molecule has 4 heteroatoms. The molecule has 0 saturated carbocycles. The Bertz CT molecular complexity index is 462. The molecule has 0 aromatic carbocycles. The molecular formula is C20H30O4. The van der Waals surface area contributed by atoms with E-state index in [9.17, 15) is 9.90 Å². The summed E-state index contributed by atoms with van der Waals surface area (Å²) in [5.74, 6) is -0.943. The third-order valence-corrected chi connectivity index (χ3v) is 3.93. The van der Waals surface area contributed by atoms with Gasteiger partial charge in [0, 0.05) is 12.5 Å². The van der Waals surface area contributed by atoms with Gasteiger partial charge in [-0.3, -0.25) is 0 Å². The molecule has 0 aromatic heterocycles. The Morgan fingerprint density at radius 3 is 2.42 bits per heavy atom. The van der Waals surface area contributed by atoms with Crippen molar-refractivity contribution < 1.29 is 19.7 Å². The predicted octanol–water partition coefficient (Wildman–Crippen LogP) is 4.17. The Labute approximate surface area is 145 Å². The van der Waals surface area contributed by atoms with Crippen LogP contribution >= 0.6 is 0 Å². The van der Waals surface area contributed by atoms with E-state index >= 15 is 0 Å². The second kappa shape index (κ2) is 12.7. The molecule has 0 bridgehead atoms. The second-order valence-electron chi connectivity index (χ2n) is 6.04. The van der Waals surface area contributed by atoms with Crippen molar-refractivity contribution in [2.24, 2.45) is 0 Å². The van der Waals surface area contributed by atoms with Crippen LogP contribution in [0.25, 0.3) is 0 Å². The van der Waals surface area contributed by atoms with Gasteiger partial charge < -0.3 is 14.9 Å². The van der Waals surface area contributed by atoms with E-state index in [2.05, 4.69) is 13.0 Å². The fraction of sp³-hybridized carbons (Fsp3) is 0.550. The first-order valence-corrected chi connectivity index (χ1v) is 8.86.